The van der Waals surface area contributed by atoms with Crippen LogP contribution in [0.2, 0.25) is 0 Å². The van der Waals surface area contributed by atoms with Crippen LogP contribution in [0.25, 0.3) is 0 Å². The van der Waals surface area contributed by atoms with E-state index < -0.39 is 12.0 Å². The van der Waals surface area contributed by atoms with Crippen LogP contribution in [0.1, 0.15) is 17.5 Å². The van der Waals surface area contributed by atoms with Gasteiger partial charge >= 0.3 is 5.97 Å². The standard InChI is InChI=1S/C18H18N2O3/c1-11-7-8-12(2)14(9-11)20-17(21)10-15-18(22)23-16-6-4-3-5-13(16)19-15/h3-9,15,19H,10H2,1-2H3,(H,20,21)/t15-/m0/s1. The van der Waals surface area contributed by atoms with Gasteiger partial charge in [-0.2, -0.15) is 0 Å². The molecule has 1 atom stereocenters. The molecule has 0 unspecified atom stereocenters. The van der Waals surface area contributed by atoms with Gasteiger partial charge in [0.15, 0.2) is 5.75 Å². The Bertz CT molecular complexity index is 771. The Kier molecular flexibility index (Phi) is 4.02. The molecule has 0 radical (unpaired) electrons. The third-order valence-electron chi connectivity index (χ3n) is 3.77. The lowest BCUT2D eigenvalue weighted by molar-refractivity contribution is -0.137. The van der Waals surface area contributed by atoms with Crippen molar-refractivity contribution in [3.63, 3.8) is 0 Å². The highest BCUT2D eigenvalue weighted by Crippen LogP contribution is 2.29. The summed E-state index contributed by atoms with van der Waals surface area (Å²) >= 11 is 0. The van der Waals surface area contributed by atoms with E-state index in [4.69, 9.17) is 4.74 Å². The minimum atomic E-state index is -0.685. The predicted molar refractivity (Wildman–Crippen MR) is 88.7 cm³/mol. The van der Waals surface area contributed by atoms with Crippen molar-refractivity contribution in [1.29, 1.82) is 0 Å². The zero-order chi connectivity index (χ0) is 16.4. The molecule has 1 aliphatic rings. The van der Waals surface area contributed by atoms with E-state index in [2.05, 4.69) is 10.6 Å². The number of anilines is 2. The molecule has 1 amide bonds. The summed E-state index contributed by atoms with van der Waals surface area (Å²) in [6.07, 6.45) is 0.0144. The molecule has 0 saturated heterocycles. The molecule has 5 nitrogen and oxygen atoms in total. The summed E-state index contributed by atoms with van der Waals surface area (Å²) < 4.78 is 5.26. The highest BCUT2D eigenvalue weighted by atomic mass is 16.5. The number of rotatable bonds is 3. The fraction of sp³-hybridized carbons (Fsp3) is 0.222. The van der Waals surface area contributed by atoms with E-state index in [1.54, 1.807) is 12.1 Å². The van der Waals surface area contributed by atoms with Crippen LogP contribution in [0.3, 0.4) is 0 Å². The number of carbonyl (C=O) groups is 2. The highest BCUT2D eigenvalue weighted by Gasteiger charge is 2.29. The Morgan fingerprint density at radius 1 is 1.22 bits per heavy atom. The van der Waals surface area contributed by atoms with Gasteiger partial charge in [0.05, 0.1) is 12.1 Å². The average molecular weight is 310 g/mol. The molecular weight excluding hydrogens is 292 g/mol. The van der Waals surface area contributed by atoms with Gasteiger partial charge in [0.25, 0.3) is 0 Å². The molecule has 2 N–H and O–H groups in total. The summed E-state index contributed by atoms with van der Waals surface area (Å²) in [5.74, 6) is -0.184. The smallest absolute Gasteiger partial charge is 0.334 e. The van der Waals surface area contributed by atoms with E-state index in [-0.39, 0.29) is 12.3 Å². The number of esters is 1. The van der Waals surface area contributed by atoms with E-state index in [0.717, 1.165) is 22.5 Å². The number of carbonyl (C=O) groups excluding carboxylic acids is 2. The number of fused-ring (bicyclic) bond motifs is 1. The van der Waals surface area contributed by atoms with Gasteiger partial charge in [-0.15, -0.1) is 0 Å². The summed E-state index contributed by atoms with van der Waals surface area (Å²) in [5, 5.41) is 5.91. The summed E-state index contributed by atoms with van der Waals surface area (Å²) in [4.78, 5) is 24.2. The summed E-state index contributed by atoms with van der Waals surface area (Å²) in [5.41, 5.74) is 3.53. The second-order valence-corrected chi connectivity index (χ2v) is 5.68. The van der Waals surface area contributed by atoms with E-state index in [1.165, 1.54) is 0 Å². The first kappa shape index (κ1) is 15.1. The van der Waals surface area contributed by atoms with Crippen molar-refractivity contribution >= 4 is 23.3 Å². The zero-order valence-electron chi connectivity index (χ0n) is 13.1. The van der Waals surface area contributed by atoms with Crippen LogP contribution in [0.5, 0.6) is 5.75 Å². The molecular formula is C18H18N2O3. The molecule has 2 aromatic rings. The van der Waals surface area contributed by atoms with Gasteiger partial charge in [0.2, 0.25) is 5.91 Å². The lowest BCUT2D eigenvalue weighted by Gasteiger charge is -2.25. The van der Waals surface area contributed by atoms with Crippen LogP contribution in [0.15, 0.2) is 42.5 Å². The van der Waals surface area contributed by atoms with E-state index >= 15 is 0 Å². The minimum absolute atomic E-state index is 0.0144. The van der Waals surface area contributed by atoms with Crippen LogP contribution in [0, 0.1) is 13.8 Å². The first-order valence-corrected chi connectivity index (χ1v) is 7.47. The first-order chi connectivity index (χ1) is 11.0. The van der Waals surface area contributed by atoms with Crippen molar-refractivity contribution in [3.05, 3.63) is 53.6 Å². The Morgan fingerprint density at radius 3 is 2.83 bits per heavy atom. The Labute approximate surface area is 134 Å². The Morgan fingerprint density at radius 2 is 2.00 bits per heavy atom. The topological polar surface area (TPSA) is 67.4 Å². The molecule has 0 aliphatic carbocycles. The number of hydrogen-bond acceptors (Lipinski definition) is 4. The van der Waals surface area contributed by atoms with Crippen LogP contribution in [-0.4, -0.2) is 17.9 Å². The maximum atomic E-state index is 12.2. The maximum Gasteiger partial charge on any atom is 0.334 e. The highest BCUT2D eigenvalue weighted by molar-refractivity contribution is 5.97. The van der Waals surface area contributed by atoms with Crippen LogP contribution < -0.4 is 15.4 Å². The zero-order valence-corrected chi connectivity index (χ0v) is 13.1. The molecule has 0 spiro atoms. The molecule has 118 valence electrons. The van der Waals surface area contributed by atoms with Crippen molar-refractivity contribution in [1.82, 2.24) is 0 Å². The number of ether oxygens (including phenoxy) is 1. The number of para-hydroxylation sites is 2. The van der Waals surface area contributed by atoms with Crippen molar-refractivity contribution in [3.8, 4) is 5.75 Å². The fourth-order valence-electron chi connectivity index (χ4n) is 2.49. The quantitative estimate of drug-likeness (QED) is 0.675. The van der Waals surface area contributed by atoms with Crippen LogP contribution in [-0.2, 0) is 9.59 Å². The molecule has 1 aliphatic heterocycles. The second kappa shape index (κ2) is 6.12. The van der Waals surface area contributed by atoms with Gasteiger partial charge in [0, 0.05) is 5.69 Å². The van der Waals surface area contributed by atoms with E-state index in [0.29, 0.717) is 5.75 Å². The molecule has 0 bridgehead atoms. The van der Waals surface area contributed by atoms with Gasteiger partial charge < -0.3 is 15.4 Å². The van der Waals surface area contributed by atoms with Crippen molar-refractivity contribution < 1.29 is 14.3 Å². The average Bonchev–Trinajstić information content (AvgIpc) is 2.51. The van der Waals surface area contributed by atoms with E-state index in [1.807, 2.05) is 44.2 Å². The van der Waals surface area contributed by atoms with Gasteiger partial charge in [-0.25, -0.2) is 4.79 Å². The number of hydrogen-bond donors (Lipinski definition) is 2. The van der Waals surface area contributed by atoms with Gasteiger partial charge in [-0.1, -0.05) is 24.3 Å². The molecule has 0 saturated carbocycles. The molecule has 0 aromatic heterocycles. The van der Waals surface area contributed by atoms with Gasteiger partial charge in [-0.3, -0.25) is 4.79 Å². The lowest BCUT2D eigenvalue weighted by atomic mass is 10.1. The summed E-state index contributed by atoms with van der Waals surface area (Å²) in [6, 6.07) is 12.3. The van der Waals surface area contributed by atoms with Crippen molar-refractivity contribution in [2.45, 2.75) is 26.3 Å². The van der Waals surface area contributed by atoms with Crippen LogP contribution >= 0.6 is 0 Å². The molecule has 2 aromatic carbocycles. The minimum Gasteiger partial charge on any atom is -0.423 e. The molecule has 23 heavy (non-hydrogen) atoms. The number of aryl methyl sites for hydroxylation is 2. The Balaban J connectivity index is 1.69. The summed E-state index contributed by atoms with van der Waals surface area (Å²) in [7, 11) is 0. The van der Waals surface area contributed by atoms with Gasteiger partial charge in [0.1, 0.15) is 6.04 Å². The fourth-order valence-corrected chi connectivity index (χ4v) is 2.49. The summed E-state index contributed by atoms with van der Waals surface area (Å²) in [6.45, 7) is 3.89. The largest absolute Gasteiger partial charge is 0.423 e. The Hall–Kier alpha value is -2.82. The van der Waals surface area contributed by atoms with Gasteiger partial charge in [-0.05, 0) is 43.2 Å². The molecule has 3 rings (SSSR count). The molecule has 5 heteroatoms. The number of benzene rings is 2. The van der Waals surface area contributed by atoms with Crippen LogP contribution in [0.4, 0.5) is 11.4 Å². The maximum absolute atomic E-state index is 12.2. The monoisotopic (exact) mass is 310 g/mol. The second-order valence-electron chi connectivity index (χ2n) is 5.68. The number of nitrogens with one attached hydrogen (secondary N) is 2. The third kappa shape index (κ3) is 3.34. The number of amides is 1. The first-order valence-electron chi connectivity index (χ1n) is 7.47. The van der Waals surface area contributed by atoms with Crippen molar-refractivity contribution in [2.24, 2.45) is 0 Å². The van der Waals surface area contributed by atoms with Crippen molar-refractivity contribution in [2.75, 3.05) is 10.6 Å². The third-order valence-corrected chi connectivity index (χ3v) is 3.77. The SMILES string of the molecule is Cc1ccc(C)c(NC(=O)C[C@@H]2Nc3ccccc3OC2=O)c1. The molecule has 0 fully saturated rings. The lowest BCUT2D eigenvalue weighted by Crippen LogP contribution is -2.39. The molecule has 1 heterocycles. The van der Waals surface area contributed by atoms with E-state index in [9.17, 15) is 9.59 Å². The normalized spacial score (nSPS) is 16.1. The predicted octanol–water partition coefficient (Wildman–Crippen LogP) is 3.03.